The van der Waals surface area contributed by atoms with Crippen molar-refractivity contribution in [3.63, 3.8) is 0 Å². The summed E-state index contributed by atoms with van der Waals surface area (Å²) in [6.07, 6.45) is 18.3. The van der Waals surface area contributed by atoms with Crippen LogP contribution in [0.15, 0.2) is 72.3 Å². The van der Waals surface area contributed by atoms with Crippen molar-refractivity contribution >= 4 is 33.5 Å². The quantitative estimate of drug-likeness (QED) is 0.135. The Morgan fingerprint density at radius 2 is 1.44 bits per heavy atom. The number of hydrogen-bond acceptors (Lipinski definition) is 9. The second kappa shape index (κ2) is 19.4. The lowest BCUT2D eigenvalue weighted by molar-refractivity contribution is -0.339. The highest BCUT2D eigenvalue weighted by Crippen LogP contribution is 2.74. The number of fused-ring (bicyclic) bond motifs is 6. The van der Waals surface area contributed by atoms with Gasteiger partial charge in [0.2, 0.25) is 0 Å². The van der Waals surface area contributed by atoms with E-state index in [0.717, 1.165) is 82.0 Å². The van der Waals surface area contributed by atoms with E-state index < -0.39 is 51.5 Å². The van der Waals surface area contributed by atoms with Gasteiger partial charge >= 0.3 is 11.9 Å². The van der Waals surface area contributed by atoms with Crippen molar-refractivity contribution in [3.05, 3.63) is 83.4 Å². The van der Waals surface area contributed by atoms with Gasteiger partial charge in [0.15, 0.2) is 0 Å². The Balaban J connectivity index is 1.11. The van der Waals surface area contributed by atoms with E-state index >= 15 is 4.79 Å². The van der Waals surface area contributed by atoms with E-state index in [4.69, 9.17) is 9.47 Å². The van der Waals surface area contributed by atoms with Crippen LogP contribution in [-0.2, 0) is 31.9 Å². The number of cyclic esters (lactones) is 1. The van der Waals surface area contributed by atoms with Crippen LogP contribution >= 0.6 is 21.6 Å². The summed E-state index contributed by atoms with van der Waals surface area (Å²) in [5.74, 6) is 8.60. The van der Waals surface area contributed by atoms with Gasteiger partial charge in [-0.15, -0.1) is 5.92 Å². The Morgan fingerprint density at radius 1 is 0.746 bits per heavy atom. The molecule has 2 spiro atoms. The zero-order chi connectivity index (χ0) is 49.3. The number of ether oxygens (including phenoxy) is 2. The number of carbonyl (C=O) groups is 2. The molecule has 11 rings (SSSR count). The van der Waals surface area contributed by atoms with E-state index in [0.29, 0.717) is 55.8 Å². The molecule has 5 aliphatic carbocycles. The first kappa shape index (κ1) is 50.4. The van der Waals surface area contributed by atoms with E-state index in [1.165, 1.54) is 43.2 Å². The van der Waals surface area contributed by atoms with Crippen LogP contribution in [0.1, 0.15) is 167 Å². The van der Waals surface area contributed by atoms with Crippen molar-refractivity contribution in [1.82, 2.24) is 0 Å². The highest BCUT2D eigenvalue weighted by atomic mass is 33.1. The fraction of sp³-hybridized carbons (Fsp3) is 0.710. The molecule has 4 heterocycles. The van der Waals surface area contributed by atoms with Gasteiger partial charge in [0.25, 0.3) is 0 Å². The molecule has 4 aliphatic heterocycles. The van der Waals surface area contributed by atoms with Crippen LogP contribution < -0.4 is 0 Å². The van der Waals surface area contributed by atoms with Gasteiger partial charge in [0, 0.05) is 35.8 Å². The number of carbonyl (C=O) groups excluding carboxylic acids is 2. The first-order valence-electron chi connectivity index (χ1n) is 28.1. The van der Waals surface area contributed by atoms with Gasteiger partial charge in [0.05, 0.1) is 34.1 Å². The second-order valence-electron chi connectivity index (χ2n) is 26.0. The van der Waals surface area contributed by atoms with E-state index in [1.54, 1.807) is 6.08 Å². The Hall–Kier alpha value is -2.74. The van der Waals surface area contributed by atoms with Crippen LogP contribution in [0.25, 0.3) is 0 Å². The Labute approximate surface area is 433 Å². The number of aliphatic hydroxyl groups excluding tert-OH is 2. The molecule has 0 aromatic heterocycles. The largest absolute Gasteiger partial charge is 0.462 e. The van der Waals surface area contributed by atoms with Crippen molar-refractivity contribution < 1.29 is 34.4 Å². The average molecular weight is 1000 g/mol. The second-order valence-corrected chi connectivity index (χ2v) is 28.7. The van der Waals surface area contributed by atoms with Crippen LogP contribution in [-0.4, -0.2) is 68.8 Å². The lowest BCUT2D eigenvalue weighted by atomic mass is 9.35. The van der Waals surface area contributed by atoms with E-state index in [2.05, 4.69) is 93.3 Å². The van der Waals surface area contributed by atoms with Crippen molar-refractivity contribution in [3.8, 4) is 11.8 Å². The third-order valence-electron chi connectivity index (χ3n) is 21.9. The van der Waals surface area contributed by atoms with Crippen molar-refractivity contribution in [2.24, 2.45) is 62.1 Å². The van der Waals surface area contributed by atoms with Crippen LogP contribution in [0.5, 0.6) is 0 Å². The molecule has 7 nitrogen and oxygen atoms in total. The SMILES string of the molecule is CC12CCC(SSCC(Cc3ccccc3)C1)C1CCC(Cc3ccccc3)CC13CC#CC1(C)CC(OC3=O)C3C(C)(C4CCC5(CCCC5)C4)CCC(O)C3(C(O)CC2)C1(O)CCC1=CC(=O)OC1. The Kier molecular flexibility index (Phi) is 13.8. The van der Waals surface area contributed by atoms with E-state index in [-0.39, 0.29) is 47.5 Å². The molecule has 9 aliphatic rings. The first-order chi connectivity index (χ1) is 34.1. The zero-order valence-corrected chi connectivity index (χ0v) is 44.6. The number of aliphatic hydroxyl groups is 3. The summed E-state index contributed by atoms with van der Waals surface area (Å²) in [5, 5.41) is 42.4. The predicted molar refractivity (Wildman–Crippen MR) is 284 cm³/mol. The minimum atomic E-state index is -1.72. The normalized spacial score (nSPS) is 44.1. The lowest BCUT2D eigenvalue weighted by Crippen LogP contribution is -2.79. The van der Waals surface area contributed by atoms with Gasteiger partial charge in [-0.1, -0.05) is 115 Å². The smallest absolute Gasteiger partial charge is 0.331 e. The maximum absolute atomic E-state index is 16.5. The van der Waals surface area contributed by atoms with Gasteiger partial charge < -0.3 is 24.8 Å². The van der Waals surface area contributed by atoms with E-state index in [1.807, 2.05) is 21.6 Å². The van der Waals surface area contributed by atoms with Crippen molar-refractivity contribution in [2.45, 2.75) is 198 Å². The molecule has 71 heavy (non-hydrogen) atoms. The molecular formula is C62H82O7S2. The fourth-order valence-electron chi connectivity index (χ4n) is 18.4. The maximum atomic E-state index is 16.5. The van der Waals surface area contributed by atoms with Crippen molar-refractivity contribution in [1.29, 1.82) is 0 Å². The molecule has 5 saturated carbocycles. The summed E-state index contributed by atoms with van der Waals surface area (Å²) >= 11 is 0. The average Bonchev–Trinajstić information content (AvgIpc) is 4.14. The lowest BCUT2D eigenvalue weighted by Gasteiger charge is -2.72. The van der Waals surface area contributed by atoms with Crippen molar-refractivity contribution in [2.75, 3.05) is 12.4 Å². The number of rotatable bonds is 8. The molecule has 384 valence electrons. The summed E-state index contributed by atoms with van der Waals surface area (Å²) in [6.45, 7) is 7.14. The molecular weight excluding hydrogens is 921 g/mol. The topological polar surface area (TPSA) is 113 Å². The molecule has 2 saturated heterocycles. The summed E-state index contributed by atoms with van der Waals surface area (Å²) in [5.41, 5.74) is -2.06. The summed E-state index contributed by atoms with van der Waals surface area (Å²) in [4.78, 5) is 29.1. The third kappa shape index (κ3) is 8.82. The molecule has 15 unspecified atom stereocenters. The predicted octanol–water partition coefficient (Wildman–Crippen LogP) is 12.4. The van der Waals surface area contributed by atoms with Gasteiger partial charge in [-0.3, -0.25) is 4.79 Å². The van der Waals surface area contributed by atoms with Crippen LogP contribution in [0, 0.1) is 73.9 Å². The summed E-state index contributed by atoms with van der Waals surface area (Å²) in [7, 11) is 4.05. The van der Waals surface area contributed by atoms with Crippen LogP contribution in [0.3, 0.4) is 0 Å². The fourth-order valence-corrected chi connectivity index (χ4v) is 21.9. The standard InChI is InChI=1S/C62H82O7S2/c1-56-28-21-50(71-70-41-46(36-56)34-43-15-8-5-9-16-43)48-18-17-44(33-42-13-6-4-7-14-42)37-60(48)27-12-24-57(2)39-49(69-55(60)66)54-58(3,47-20-31-59(38-47)25-10-11-26-59)30-23-52(64)62(54,51(63)22-29-56)61(57,67)32-19-45-35-53(65)68-40-45/h4-9,13-16,35,44,46-52,54,63-64,67H,10-11,17-23,25-34,36-41H2,1-3H3. The highest BCUT2D eigenvalue weighted by Gasteiger charge is 2.78. The molecule has 6 bridgehead atoms. The first-order valence-corrected chi connectivity index (χ1v) is 30.5. The summed E-state index contributed by atoms with van der Waals surface area (Å²) in [6, 6.07) is 21.7. The molecule has 2 aromatic rings. The van der Waals surface area contributed by atoms with Gasteiger partial charge in [-0.2, -0.15) is 0 Å². The molecule has 0 amide bonds. The molecule has 7 fully saturated rings. The Bertz CT molecular complexity index is 2370. The molecule has 2 aromatic carbocycles. The van der Waals surface area contributed by atoms with Gasteiger partial charge in [0.1, 0.15) is 12.7 Å². The minimum Gasteiger partial charge on any atom is -0.462 e. The molecule has 15 atom stereocenters. The number of hydrogen-bond donors (Lipinski definition) is 3. The molecule has 9 heteroatoms. The minimum absolute atomic E-state index is 0.0545. The molecule has 3 N–H and O–H groups in total. The van der Waals surface area contributed by atoms with Gasteiger partial charge in [-0.25, -0.2) is 4.79 Å². The third-order valence-corrected chi connectivity index (χ3v) is 25.0. The highest BCUT2D eigenvalue weighted by molar-refractivity contribution is 8.76. The Morgan fingerprint density at radius 3 is 2.14 bits per heavy atom. The number of esters is 2. The zero-order valence-electron chi connectivity index (χ0n) is 43.0. The van der Waals surface area contributed by atoms with Crippen LogP contribution in [0.4, 0.5) is 0 Å². The summed E-state index contributed by atoms with van der Waals surface area (Å²) < 4.78 is 13.0. The van der Waals surface area contributed by atoms with Gasteiger partial charge in [-0.05, 0) is 186 Å². The maximum Gasteiger partial charge on any atom is 0.331 e. The van der Waals surface area contributed by atoms with E-state index in [9.17, 15) is 20.1 Å². The molecule has 0 radical (unpaired) electrons. The number of benzene rings is 2. The monoisotopic (exact) mass is 1000 g/mol. The van der Waals surface area contributed by atoms with Crippen LogP contribution in [0.2, 0.25) is 0 Å².